The maximum atomic E-state index is 12.2. The molecule has 0 spiro atoms. The fourth-order valence-electron chi connectivity index (χ4n) is 2.65. The van der Waals surface area contributed by atoms with E-state index in [1.807, 2.05) is 18.3 Å². The van der Waals surface area contributed by atoms with E-state index < -0.39 is 6.67 Å². The predicted octanol–water partition coefficient (Wildman–Crippen LogP) is 3.64. The lowest BCUT2D eigenvalue weighted by Crippen LogP contribution is -2.36. The molecule has 1 aromatic carbocycles. The first-order chi connectivity index (χ1) is 12.8. The third-order valence-electron chi connectivity index (χ3n) is 3.91. The lowest BCUT2D eigenvalue weighted by atomic mass is 10.3. The zero-order valence-electron chi connectivity index (χ0n) is 14.1. The number of rotatable bonds is 6. The second kappa shape index (κ2) is 7.84. The Labute approximate surface area is 153 Å². The normalized spacial score (nSPS) is 15.2. The van der Waals surface area contributed by atoms with E-state index in [9.17, 15) is 4.39 Å². The lowest BCUT2D eigenvalue weighted by Gasteiger charge is -2.25. The van der Waals surface area contributed by atoms with Crippen LogP contribution in [-0.4, -0.2) is 49.6 Å². The quantitative estimate of drug-likeness (QED) is 0.656. The van der Waals surface area contributed by atoms with Crippen LogP contribution in [0.4, 0.5) is 9.52 Å². The molecule has 8 heteroatoms. The zero-order chi connectivity index (χ0) is 17.8. The highest BCUT2D eigenvalue weighted by Gasteiger charge is 2.14. The minimum absolute atomic E-state index is 0.0310. The van der Waals surface area contributed by atoms with Crippen LogP contribution in [-0.2, 0) is 4.74 Å². The Morgan fingerprint density at radius 2 is 2.15 bits per heavy atom. The summed E-state index contributed by atoms with van der Waals surface area (Å²) in [4.78, 5) is 12.1. The number of hydrogen-bond donors (Lipinski definition) is 0. The van der Waals surface area contributed by atoms with Gasteiger partial charge in [0.2, 0.25) is 5.89 Å². The summed E-state index contributed by atoms with van der Waals surface area (Å²) in [6.07, 6.45) is 5.60. The molecule has 0 saturated carbocycles. The van der Waals surface area contributed by atoms with Crippen molar-refractivity contribution in [1.29, 1.82) is 0 Å². The molecule has 0 bridgehead atoms. The third kappa shape index (κ3) is 3.86. The molecule has 136 valence electrons. The van der Waals surface area contributed by atoms with Crippen molar-refractivity contribution in [3.05, 3.63) is 35.2 Å². The van der Waals surface area contributed by atoms with Crippen molar-refractivity contribution in [3.8, 4) is 5.75 Å². The van der Waals surface area contributed by atoms with Gasteiger partial charge in [-0.15, -0.1) is 0 Å². The number of alkyl halides is 1. The van der Waals surface area contributed by atoms with Gasteiger partial charge in [0.15, 0.2) is 10.7 Å². The molecule has 0 unspecified atom stereocenters. The van der Waals surface area contributed by atoms with Crippen LogP contribution in [0.15, 0.2) is 28.8 Å². The minimum atomic E-state index is -0.524. The number of nitrogens with zero attached hydrogens (tertiary/aromatic N) is 3. The standard InChI is InChI=1S/C18H18FN3O3S/c19-5-8-24-13-1-3-15-16(11-13)25-17(21-15)4-2-14-12-20-18(26-14)22-6-9-23-10-7-22/h1-4,11-12H,5-10H2. The van der Waals surface area contributed by atoms with E-state index in [-0.39, 0.29) is 6.61 Å². The Morgan fingerprint density at radius 3 is 3.00 bits per heavy atom. The SMILES string of the molecule is FCCOc1ccc2nc(C=Cc3cnc(N4CCOCC4)s3)oc2c1. The number of morpholine rings is 1. The van der Waals surface area contributed by atoms with Gasteiger partial charge in [-0.2, -0.15) is 0 Å². The van der Waals surface area contributed by atoms with E-state index in [4.69, 9.17) is 13.9 Å². The first-order valence-corrected chi connectivity index (χ1v) is 9.19. The fourth-order valence-corrected chi connectivity index (χ4v) is 3.52. The molecule has 1 aliphatic rings. The number of aromatic nitrogens is 2. The maximum absolute atomic E-state index is 12.2. The van der Waals surface area contributed by atoms with E-state index in [0.717, 1.165) is 41.8 Å². The molecule has 1 fully saturated rings. The molecule has 0 aliphatic carbocycles. The number of ether oxygens (including phenoxy) is 2. The molecule has 6 nitrogen and oxygen atoms in total. The van der Waals surface area contributed by atoms with Crippen LogP contribution in [0.2, 0.25) is 0 Å². The highest BCUT2D eigenvalue weighted by atomic mass is 32.1. The Bertz CT molecular complexity index is 902. The van der Waals surface area contributed by atoms with Gasteiger partial charge in [0.1, 0.15) is 24.5 Å². The largest absolute Gasteiger partial charge is 0.491 e. The molecular weight excluding hydrogens is 357 g/mol. The van der Waals surface area contributed by atoms with Gasteiger partial charge in [-0.3, -0.25) is 0 Å². The molecular formula is C18H18FN3O3S. The lowest BCUT2D eigenvalue weighted by molar-refractivity contribution is 0.122. The summed E-state index contributed by atoms with van der Waals surface area (Å²) in [5.74, 6) is 1.07. The molecule has 1 aliphatic heterocycles. The van der Waals surface area contributed by atoms with Gasteiger partial charge < -0.3 is 18.8 Å². The Kier molecular flexibility index (Phi) is 5.12. The summed E-state index contributed by atoms with van der Waals surface area (Å²) in [5, 5.41) is 1.00. The average Bonchev–Trinajstić information content (AvgIpc) is 3.31. The second-order valence-electron chi connectivity index (χ2n) is 5.70. The third-order valence-corrected chi connectivity index (χ3v) is 4.93. The van der Waals surface area contributed by atoms with E-state index in [1.54, 1.807) is 29.5 Å². The van der Waals surface area contributed by atoms with Crippen molar-refractivity contribution < 1.29 is 18.3 Å². The van der Waals surface area contributed by atoms with Gasteiger partial charge in [0, 0.05) is 36.3 Å². The molecule has 0 radical (unpaired) electrons. The zero-order valence-corrected chi connectivity index (χ0v) is 14.9. The summed E-state index contributed by atoms with van der Waals surface area (Å²) in [5.41, 5.74) is 1.34. The van der Waals surface area contributed by atoms with Crippen LogP contribution in [0.1, 0.15) is 10.8 Å². The van der Waals surface area contributed by atoms with Crippen molar-refractivity contribution >= 4 is 39.7 Å². The number of fused-ring (bicyclic) bond motifs is 1. The van der Waals surface area contributed by atoms with Crippen molar-refractivity contribution in [2.45, 2.75) is 0 Å². The summed E-state index contributed by atoms with van der Waals surface area (Å²) >= 11 is 1.62. The van der Waals surface area contributed by atoms with Crippen molar-refractivity contribution in [2.75, 3.05) is 44.5 Å². The summed E-state index contributed by atoms with van der Waals surface area (Å²) in [6.45, 7) is 2.73. The van der Waals surface area contributed by atoms with E-state index in [1.165, 1.54) is 0 Å². The van der Waals surface area contributed by atoms with Crippen molar-refractivity contribution in [2.24, 2.45) is 0 Å². The molecule has 4 rings (SSSR count). The average molecular weight is 375 g/mol. The Morgan fingerprint density at radius 1 is 1.27 bits per heavy atom. The number of anilines is 1. The maximum Gasteiger partial charge on any atom is 0.220 e. The monoisotopic (exact) mass is 375 g/mol. The van der Waals surface area contributed by atoms with Crippen LogP contribution in [0.25, 0.3) is 23.3 Å². The Balaban J connectivity index is 1.47. The molecule has 3 heterocycles. The van der Waals surface area contributed by atoms with Crippen LogP contribution in [0.5, 0.6) is 5.75 Å². The molecule has 0 N–H and O–H groups in total. The first-order valence-electron chi connectivity index (χ1n) is 8.38. The fraction of sp³-hybridized carbons (Fsp3) is 0.333. The van der Waals surface area contributed by atoms with E-state index >= 15 is 0 Å². The van der Waals surface area contributed by atoms with Crippen LogP contribution < -0.4 is 9.64 Å². The Hall–Kier alpha value is -2.45. The topological polar surface area (TPSA) is 60.6 Å². The number of hydrogen-bond acceptors (Lipinski definition) is 7. The second-order valence-corrected chi connectivity index (χ2v) is 6.74. The number of benzene rings is 1. The van der Waals surface area contributed by atoms with Crippen molar-refractivity contribution in [3.63, 3.8) is 0 Å². The first kappa shape index (κ1) is 17.0. The van der Waals surface area contributed by atoms with Gasteiger partial charge in [-0.1, -0.05) is 11.3 Å². The van der Waals surface area contributed by atoms with E-state index in [2.05, 4.69) is 14.9 Å². The van der Waals surface area contributed by atoms with Gasteiger partial charge >= 0.3 is 0 Å². The van der Waals surface area contributed by atoms with Gasteiger partial charge in [0.25, 0.3) is 0 Å². The van der Waals surface area contributed by atoms with Crippen LogP contribution in [0, 0.1) is 0 Å². The highest BCUT2D eigenvalue weighted by molar-refractivity contribution is 7.16. The number of oxazole rings is 1. The molecule has 3 aromatic rings. The van der Waals surface area contributed by atoms with Gasteiger partial charge in [-0.25, -0.2) is 14.4 Å². The summed E-state index contributed by atoms with van der Waals surface area (Å²) < 4.78 is 28.5. The van der Waals surface area contributed by atoms with Gasteiger partial charge in [0.05, 0.1) is 13.2 Å². The van der Waals surface area contributed by atoms with E-state index in [0.29, 0.717) is 17.2 Å². The number of thiazole rings is 1. The molecule has 1 saturated heterocycles. The molecule has 26 heavy (non-hydrogen) atoms. The predicted molar refractivity (Wildman–Crippen MR) is 99.6 cm³/mol. The summed E-state index contributed by atoms with van der Waals surface area (Å²) in [6, 6.07) is 5.28. The minimum Gasteiger partial charge on any atom is -0.491 e. The summed E-state index contributed by atoms with van der Waals surface area (Å²) in [7, 11) is 0. The molecule has 2 aromatic heterocycles. The van der Waals surface area contributed by atoms with Crippen LogP contribution >= 0.6 is 11.3 Å². The van der Waals surface area contributed by atoms with Crippen molar-refractivity contribution in [1.82, 2.24) is 9.97 Å². The number of halogens is 1. The smallest absolute Gasteiger partial charge is 0.220 e. The molecule has 0 amide bonds. The van der Waals surface area contributed by atoms with Gasteiger partial charge in [-0.05, 0) is 18.2 Å². The van der Waals surface area contributed by atoms with Crippen LogP contribution in [0.3, 0.4) is 0 Å². The highest BCUT2D eigenvalue weighted by Crippen LogP contribution is 2.26. The molecule has 0 atom stereocenters.